The van der Waals surface area contributed by atoms with Gasteiger partial charge in [-0.25, -0.2) is 4.79 Å². The molecule has 3 aliphatic heterocycles. The predicted octanol–water partition coefficient (Wildman–Crippen LogP) is 4.58. The normalized spacial score (nSPS) is 32.6. The van der Waals surface area contributed by atoms with Crippen molar-refractivity contribution in [3.8, 4) is 0 Å². The summed E-state index contributed by atoms with van der Waals surface area (Å²) in [7, 11) is 1.56. The van der Waals surface area contributed by atoms with E-state index in [0.717, 1.165) is 11.3 Å². The number of pyridine rings is 1. The lowest BCUT2D eigenvalue weighted by Crippen LogP contribution is -2.51. The molecule has 1 aromatic rings. The van der Waals surface area contributed by atoms with E-state index in [-0.39, 0.29) is 36.9 Å². The molecule has 10 atom stereocenters. The molecule has 0 aliphatic carbocycles. The van der Waals surface area contributed by atoms with Gasteiger partial charge >= 0.3 is 12.1 Å². The number of aliphatic hydroxyl groups is 3. The van der Waals surface area contributed by atoms with Crippen LogP contribution in [0, 0.1) is 11.8 Å². The van der Waals surface area contributed by atoms with E-state index >= 15 is 0 Å². The lowest BCUT2D eigenvalue weighted by Gasteiger charge is -2.39. The van der Waals surface area contributed by atoms with Crippen molar-refractivity contribution in [1.29, 1.82) is 0 Å². The van der Waals surface area contributed by atoms with E-state index in [4.69, 9.17) is 18.9 Å². The third-order valence-corrected chi connectivity index (χ3v) is 10.6. The van der Waals surface area contributed by atoms with Gasteiger partial charge in [0.1, 0.15) is 11.7 Å². The molecule has 51 heavy (non-hydrogen) atoms. The van der Waals surface area contributed by atoms with Crippen molar-refractivity contribution >= 4 is 17.7 Å². The number of anilines is 1. The van der Waals surface area contributed by atoms with Crippen LogP contribution < -0.4 is 4.90 Å². The Morgan fingerprint density at radius 1 is 1.22 bits per heavy atom. The number of methoxy groups -OCH3 is 1. The van der Waals surface area contributed by atoms with Gasteiger partial charge in [-0.15, -0.1) is 0 Å². The first-order valence-corrected chi connectivity index (χ1v) is 18.3. The standard InChI is InChI=1S/C39H59N3O9/c1-8-31(44)28(4)36-32(49-36)25-38(5,47)16-9-10-26(2)35-27(3)11-12-33(39(6,48-7)17-13-30(43)24-34(45)51-35)50-37(46)42-22-20-41(21-23-42)29-14-18-40-19-15-29/h9-12,14-16,18-19,27-28,30-33,35-36,43-44,47H,8,13,17,20-25H2,1-7H3/b12-11+,16-9+,26-10+. The number of amides is 1. The Labute approximate surface area is 303 Å². The Hall–Kier alpha value is -3.29. The number of carbonyl (C=O) groups excluding carboxylic acids is 2. The van der Waals surface area contributed by atoms with Crippen molar-refractivity contribution in [3.05, 3.63) is 60.5 Å². The number of epoxide rings is 1. The molecular weight excluding hydrogens is 654 g/mol. The molecule has 12 nitrogen and oxygen atoms in total. The lowest BCUT2D eigenvalue weighted by atomic mass is 9.88. The third kappa shape index (κ3) is 11.3. The molecule has 0 saturated carbocycles. The van der Waals surface area contributed by atoms with Gasteiger partial charge in [0, 0.05) is 69.6 Å². The second-order valence-corrected chi connectivity index (χ2v) is 14.9. The summed E-state index contributed by atoms with van der Waals surface area (Å²) in [6.45, 7) is 13.5. The molecule has 0 aromatic carbocycles. The maximum atomic E-state index is 13.5. The highest BCUT2D eigenvalue weighted by Crippen LogP contribution is 2.38. The topological polar surface area (TPSA) is 154 Å². The third-order valence-electron chi connectivity index (χ3n) is 10.6. The van der Waals surface area contributed by atoms with Crippen LogP contribution in [0.5, 0.6) is 0 Å². The fraction of sp³-hybridized carbons (Fsp3) is 0.667. The average Bonchev–Trinajstić information content (AvgIpc) is 3.88. The van der Waals surface area contributed by atoms with Crippen LogP contribution in [0.15, 0.2) is 60.5 Å². The second kappa shape index (κ2) is 18.0. The quantitative estimate of drug-likeness (QED) is 0.128. The summed E-state index contributed by atoms with van der Waals surface area (Å²) in [6, 6.07) is 3.90. The van der Waals surface area contributed by atoms with Crippen LogP contribution in [-0.2, 0) is 23.7 Å². The van der Waals surface area contributed by atoms with E-state index < -0.39 is 47.7 Å². The Morgan fingerprint density at radius 3 is 2.55 bits per heavy atom. The molecule has 0 radical (unpaired) electrons. The molecular formula is C39H59N3O9. The van der Waals surface area contributed by atoms with Gasteiger partial charge < -0.3 is 44.1 Å². The number of esters is 1. The minimum atomic E-state index is -1.15. The Morgan fingerprint density at radius 2 is 1.90 bits per heavy atom. The maximum Gasteiger partial charge on any atom is 0.410 e. The first kappa shape index (κ1) is 40.5. The number of ether oxygens (including phenoxy) is 4. The number of aromatic nitrogens is 1. The summed E-state index contributed by atoms with van der Waals surface area (Å²) in [5.41, 5.74) is -0.339. The van der Waals surface area contributed by atoms with E-state index in [9.17, 15) is 24.9 Å². The average molecular weight is 714 g/mol. The number of piperazine rings is 1. The van der Waals surface area contributed by atoms with Crippen molar-refractivity contribution in [2.75, 3.05) is 38.2 Å². The molecule has 1 aromatic heterocycles. The number of hydrogen-bond donors (Lipinski definition) is 3. The van der Waals surface area contributed by atoms with Gasteiger partial charge in [-0.3, -0.25) is 9.78 Å². The van der Waals surface area contributed by atoms with Gasteiger partial charge in [0.15, 0.2) is 6.10 Å². The fourth-order valence-electron chi connectivity index (χ4n) is 6.89. The summed E-state index contributed by atoms with van der Waals surface area (Å²) in [5.74, 6) is -0.872. The number of allylic oxidation sites excluding steroid dienone is 2. The van der Waals surface area contributed by atoms with E-state index in [1.165, 1.54) is 0 Å². The van der Waals surface area contributed by atoms with Crippen LogP contribution in [0.4, 0.5) is 10.5 Å². The summed E-state index contributed by atoms with van der Waals surface area (Å²) in [4.78, 5) is 34.5. The molecule has 284 valence electrons. The summed E-state index contributed by atoms with van der Waals surface area (Å²) in [6.07, 6.45) is 10.3. The molecule has 10 unspecified atom stereocenters. The lowest BCUT2D eigenvalue weighted by molar-refractivity contribution is -0.151. The van der Waals surface area contributed by atoms with Crippen molar-refractivity contribution in [2.24, 2.45) is 11.8 Å². The highest BCUT2D eigenvalue weighted by molar-refractivity contribution is 5.70. The first-order valence-electron chi connectivity index (χ1n) is 18.3. The van der Waals surface area contributed by atoms with Crippen molar-refractivity contribution < 1.29 is 43.9 Å². The van der Waals surface area contributed by atoms with Crippen LogP contribution in [0.3, 0.4) is 0 Å². The van der Waals surface area contributed by atoms with Gasteiger partial charge in [-0.05, 0) is 63.8 Å². The van der Waals surface area contributed by atoms with Crippen LogP contribution >= 0.6 is 0 Å². The van der Waals surface area contributed by atoms with Crippen LogP contribution in [0.2, 0.25) is 0 Å². The zero-order chi connectivity index (χ0) is 37.3. The molecule has 3 N–H and O–H groups in total. The Balaban J connectivity index is 1.46. The minimum Gasteiger partial charge on any atom is -0.457 e. The largest absolute Gasteiger partial charge is 0.457 e. The van der Waals surface area contributed by atoms with E-state index in [2.05, 4.69) is 9.88 Å². The molecule has 2 saturated heterocycles. The number of carbonyl (C=O) groups is 2. The van der Waals surface area contributed by atoms with Crippen molar-refractivity contribution in [1.82, 2.24) is 9.88 Å². The molecule has 4 heterocycles. The number of rotatable bonds is 11. The molecule has 12 heteroatoms. The zero-order valence-electron chi connectivity index (χ0n) is 31.3. The monoisotopic (exact) mass is 713 g/mol. The number of cyclic esters (lactones) is 1. The summed E-state index contributed by atoms with van der Waals surface area (Å²) in [5, 5.41) is 32.0. The Bertz CT molecular complexity index is 1380. The van der Waals surface area contributed by atoms with E-state index in [0.29, 0.717) is 45.4 Å². The maximum absolute atomic E-state index is 13.5. The van der Waals surface area contributed by atoms with Gasteiger partial charge in [-0.1, -0.05) is 45.1 Å². The minimum absolute atomic E-state index is 0.00980. The summed E-state index contributed by atoms with van der Waals surface area (Å²) >= 11 is 0. The van der Waals surface area contributed by atoms with Crippen LogP contribution in [-0.4, -0.2) is 118 Å². The van der Waals surface area contributed by atoms with Gasteiger partial charge in [0.2, 0.25) is 0 Å². The smallest absolute Gasteiger partial charge is 0.410 e. The van der Waals surface area contributed by atoms with Crippen molar-refractivity contribution in [2.45, 2.75) is 121 Å². The molecule has 0 spiro atoms. The number of nitrogens with zero attached hydrogens (tertiary/aromatic N) is 3. The SMILES string of the molecule is CCC(O)C(C)C1OC1CC(C)(O)/C=C/C=C(\C)C1OC(=O)CC(O)CCC(C)(OC)C(OC(=O)N2CCN(c3ccncc3)CC2)/C=C/C1C. The molecule has 3 aliphatic rings. The molecule has 0 bridgehead atoms. The van der Waals surface area contributed by atoms with E-state index in [1.54, 1.807) is 55.6 Å². The van der Waals surface area contributed by atoms with E-state index in [1.807, 2.05) is 52.8 Å². The second-order valence-electron chi connectivity index (χ2n) is 14.9. The van der Waals surface area contributed by atoms with Crippen LogP contribution in [0.25, 0.3) is 0 Å². The van der Waals surface area contributed by atoms with Crippen molar-refractivity contribution in [3.63, 3.8) is 0 Å². The molecule has 2 fully saturated rings. The van der Waals surface area contributed by atoms with Gasteiger partial charge in [0.25, 0.3) is 0 Å². The zero-order valence-corrected chi connectivity index (χ0v) is 31.3. The molecule has 1 amide bonds. The number of aliphatic hydroxyl groups excluding tert-OH is 2. The van der Waals surface area contributed by atoms with Gasteiger partial charge in [-0.2, -0.15) is 0 Å². The highest BCUT2D eigenvalue weighted by atomic mass is 16.6. The van der Waals surface area contributed by atoms with Gasteiger partial charge in [0.05, 0.1) is 36.4 Å². The summed E-state index contributed by atoms with van der Waals surface area (Å²) < 4.78 is 23.8. The number of hydrogen-bond acceptors (Lipinski definition) is 11. The first-order chi connectivity index (χ1) is 24.2. The Kier molecular flexibility index (Phi) is 14.3. The fourth-order valence-corrected chi connectivity index (χ4v) is 6.89. The van der Waals surface area contributed by atoms with Crippen LogP contribution in [0.1, 0.15) is 73.6 Å². The highest BCUT2D eigenvalue weighted by Gasteiger charge is 2.47. The molecule has 4 rings (SSSR count). The predicted molar refractivity (Wildman–Crippen MR) is 194 cm³/mol.